The first kappa shape index (κ1) is 16.3. The Bertz CT molecular complexity index is 1120. The minimum Gasteiger partial charge on any atom is -0.437 e. The lowest BCUT2D eigenvalue weighted by Gasteiger charge is -2.06. The Labute approximate surface area is 148 Å². The predicted molar refractivity (Wildman–Crippen MR) is 95.7 cm³/mol. The maximum absolute atomic E-state index is 12.8. The molecule has 1 aromatic carbocycles. The number of rotatable bonds is 6. The number of benzene rings is 1. The lowest BCUT2D eigenvalue weighted by molar-refractivity contribution is 0.124. The van der Waals surface area contributed by atoms with Crippen LogP contribution in [0.2, 0.25) is 0 Å². The van der Waals surface area contributed by atoms with Crippen LogP contribution in [0, 0.1) is 0 Å². The van der Waals surface area contributed by atoms with Gasteiger partial charge in [-0.25, -0.2) is 9.67 Å². The fourth-order valence-corrected chi connectivity index (χ4v) is 2.79. The van der Waals surface area contributed by atoms with Gasteiger partial charge in [-0.1, -0.05) is 6.92 Å². The highest BCUT2D eigenvalue weighted by Crippen LogP contribution is 2.23. The molecule has 0 N–H and O–H groups in total. The smallest absolute Gasteiger partial charge is 0.230 e. The zero-order chi connectivity index (χ0) is 17.9. The van der Waals surface area contributed by atoms with Gasteiger partial charge in [-0.05, 0) is 47.2 Å². The summed E-state index contributed by atoms with van der Waals surface area (Å²) in [6.07, 6.45) is 2.56. The highest BCUT2D eigenvalue weighted by atomic mass is 16.5. The molecule has 4 rings (SSSR count). The van der Waals surface area contributed by atoms with E-state index in [9.17, 15) is 4.79 Å². The lowest BCUT2D eigenvalue weighted by atomic mass is 10.1. The molecule has 0 bridgehead atoms. The monoisotopic (exact) mass is 351 g/mol. The van der Waals surface area contributed by atoms with Crippen molar-refractivity contribution in [2.24, 2.45) is 0 Å². The van der Waals surface area contributed by atoms with Gasteiger partial charge in [-0.3, -0.25) is 4.79 Å². The third kappa shape index (κ3) is 2.95. The van der Waals surface area contributed by atoms with Crippen molar-refractivity contribution in [2.75, 3.05) is 13.2 Å². The summed E-state index contributed by atoms with van der Waals surface area (Å²) in [5, 5.41) is 12.8. The number of aromatic nitrogens is 5. The van der Waals surface area contributed by atoms with Gasteiger partial charge in [0.15, 0.2) is 5.82 Å². The summed E-state index contributed by atoms with van der Waals surface area (Å²) in [4.78, 5) is 16.9. The fraction of sp³-hybridized carbons (Fsp3) is 0.278. The van der Waals surface area contributed by atoms with Gasteiger partial charge in [0.05, 0.1) is 23.9 Å². The van der Waals surface area contributed by atoms with Crippen LogP contribution >= 0.6 is 0 Å². The molecule has 8 heteroatoms. The Morgan fingerprint density at radius 2 is 2.12 bits per heavy atom. The lowest BCUT2D eigenvalue weighted by Crippen LogP contribution is -2.10. The summed E-state index contributed by atoms with van der Waals surface area (Å²) >= 11 is 0. The van der Waals surface area contributed by atoms with Crippen LogP contribution in [-0.4, -0.2) is 38.4 Å². The van der Waals surface area contributed by atoms with Crippen LogP contribution < -0.4 is 5.43 Å². The van der Waals surface area contributed by atoms with Gasteiger partial charge in [0.1, 0.15) is 5.58 Å². The highest BCUT2D eigenvalue weighted by Gasteiger charge is 2.13. The quantitative estimate of drug-likeness (QED) is 0.389. The normalized spacial score (nSPS) is 11.4. The van der Waals surface area contributed by atoms with E-state index in [1.165, 1.54) is 0 Å². The molecular weight excluding hydrogens is 334 g/mol. The Morgan fingerprint density at radius 1 is 1.19 bits per heavy atom. The Hall–Kier alpha value is -3.13. The van der Waals surface area contributed by atoms with E-state index in [0.717, 1.165) is 12.0 Å². The van der Waals surface area contributed by atoms with E-state index in [-0.39, 0.29) is 5.43 Å². The second-order valence-electron chi connectivity index (χ2n) is 5.84. The minimum absolute atomic E-state index is 0.124. The van der Waals surface area contributed by atoms with E-state index in [4.69, 9.17) is 9.15 Å². The van der Waals surface area contributed by atoms with Crippen molar-refractivity contribution in [1.29, 1.82) is 0 Å². The molecule has 0 spiro atoms. The van der Waals surface area contributed by atoms with Crippen LogP contribution in [0.4, 0.5) is 0 Å². The van der Waals surface area contributed by atoms with Gasteiger partial charge in [-0.15, -0.1) is 5.10 Å². The van der Waals surface area contributed by atoms with Gasteiger partial charge < -0.3 is 9.15 Å². The highest BCUT2D eigenvalue weighted by molar-refractivity contribution is 5.90. The van der Waals surface area contributed by atoms with Crippen molar-refractivity contribution in [1.82, 2.24) is 25.2 Å². The Balaban J connectivity index is 1.74. The number of nitrogens with zero attached hydrogens (tertiary/aromatic N) is 5. The van der Waals surface area contributed by atoms with E-state index >= 15 is 0 Å². The fourth-order valence-electron chi connectivity index (χ4n) is 2.79. The van der Waals surface area contributed by atoms with Gasteiger partial charge >= 0.3 is 0 Å². The van der Waals surface area contributed by atoms with Crippen LogP contribution in [0.3, 0.4) is 0 Å². The predicted octanol–water partition coefficient (Wildman–Crippen LogP) is 2.42. The third-order valence-corrected chi connectivity index (χ3v) is 4.03. The van der Waals surface area contributed by atoms with Crippen LogP contribution in [0.5, 0.6) is 0 Å². The largest absolute Gasteiger partial charge is 0.437 e. The standard InChI is InChI=1S/C18H17N5O3/c1-2-9-25-10-8-23-17(20-21-22-23)12-5-6-15-14(11-12)16(24)13-4-3-7-19-18(13)26-15/h3-7,11H,2,8-10H2,1H3. The number of tetrazole rings is 1. The molecule has 0 aliphatic rings. The first-order chi connectivity index (χ1) is 12.8. The second-order valence-corrected chi connectivity index (χ2v) is 5.84. The summed E-state index contributed by atoms with van der Waals surface area (Å²) in [7, 11) is 0. The topological polar surface area (TPSA) is 95.9 Å². The molecule has 4 aromatic rings. The third-order valence-electron chi connectivity index (χ3n) is 4.03. The average molecular weight is 351 g/mol. The SMILES string of the molecule is CCCOCCn1nnnc1-c1ccc2oc3ncccc3c(=O)c2c1. The minimum atomic E-state index is -0.124. The van der Waals surface area contributed by atoms with Gasteiger partial charge in [0, 0.05) is 18.4 Å². The molecule has 0 radical (unpaired) electrons. The second kappa shape index (κ2) is 7.01. The molecule has 26 heavy (non-hydrogen) atoms. The molecule has 0 saturated heterocycles. The van der Waals surface area contributed by atoms with Crippen LogP contribution in [-0.2, 0) is 11.3 Å². The molecule has 0 amide bonds. The van der Waals surface area contributed by atoms with E-state index < -0.39 is 0 Å². The molecular formula is C18H17N5O3. The van der Waals surface area contributed by atoms with Crippen molar-refractivity contribution in [2.45, 2.75) is 19.9 Å². The summed E-state index contributed by atoms with van der Waals surface area (Å²) in [5.74, 6) is 0.581. The molecule has 8 nitrogen and oxygen atoms in total. The van der Waals surface area contributed by atoms with Crippen molar-refractivity contribution < 1.29 is 9.15 Å². The Kier molecular flexibility index (Phi) is 4.40. The van der Waals surface area contributed by atoms with E-state index in [1.54, 1.807) is 35.1 Å². The number of ether oxygens (including phenoxy) is 1. The summed E-state index contributed by atoms with van der Waals surface area (Å²) in [6, 6.07) is 8.74. The van der Waals surface area contributed by atoms with Gasteiger partial charge in [0.2, 0.25) is 11.1 Å². The first-order valence-corrected chi connectivity index (χ1v) is 8.44. The summed E-state index contributed by atoms with van der Waals surface area (Å²) < 4.78 is 12.9. The molecule has 0 saturated carbocycles. The number of fused-ring (bicyclic) bond motifs is 2. The first-order valence-electron chi connectivity index (χ1n) is 8.44. The molecule has 3 heterocycles. The molecule has 0 unspecified atom stereocenters. The van der Waals surface area contributed by atoms with Crippen molar-refractivity contribution in [3.63, 3.8) is 0 Å². The van der Waals surface area contributed by atoms with Crippen LogP contribution in [0.25, 0.3) is 33.5 Å². The number of pyridine rings is 1. The molecule has 0 atom stereocenters. The zero-order valence-corrected chi connectivity index (χ0v) is 14.3. The maximum Gasteiger partial charge on any atom is 0.230 e. The summed E-state index contributed by atoms with van der Waals surface area (Å²) in [5.41, 5.74) is 1.43. The molecule has 132 valence electrons. The zero-order valence-electron chi connectivity index (χ0n) is 14.3. The van der Waals surface area contributed by atoms with E-state index in [2.05, 4.69) is 27.4 Å². The Morgan fingerprint density at radius 3 is 3.00 bits per heavy atom. The van der Waals surface area contributed by atoms with Gasteiger partial charge in [-0.2, -0.15) is 0 Å². The molecule has 0 aliphatic heterocycles. The number of hydrogen-bond acceptors (Lipinski definition) is 7. The average Bonchev–Trinajstić information content (AvgIpc) is 3.14. The van der Waals surface area contributed by atoms with Crippen molar-refractivity contribution >= 4 is 22.1 Å². The van der Waals surface area contributed by atoms with E-state index in [1.807, 2.05) is 6.07 Å². The van der Waals surface area contributed by atoms with Crippen molar-refractivity contribution in [3.8, 4) is 11.4 Å². The summed E-state index contributed by atoms with van der Waals surface area (Å²) in [6.45, 7) is 3.83. The maximum atomic E-state index is 12.8. The van der Waals surface area contributed by atoms with E-state index in [0.29, 0.717) is 47.7 Å². The van der Waals surface area contributed by atoms with Gasteiger partial charge in [0.25, 0.3) is 0 Å². The van der Waals surface area contributed by atoms with Crippen molar-refractivity contribution in [3.05, 3.63) is 46.8 Å². The molecule has 0 aliphatic carbocycles. The molecule has 3 aromatic heterocycles. The van der Waals surface area contributed by atoms with Crippen LogP contribution in [0.1, 0.15) is 13.3 Å². The molecule has 0 fully saturated rings. The number of hydrogen-bond donors (Lipinski definition) is 0. The van der Waals surface area contributed by atoms with Crippen LogP contribution in [0.15, 0.2) is 45.7 Å².